The molecule has 1 aromatic heterocycles. The van der Waals surface area contributed by atoms with E-state index in [1.165, 1.54) is 0 Å². The number of rotatable bonds is 7. The standard InChI is InChI=1S/C7H14N4O2S3/c1-14-5-3-2-4-9-16(12,13)7-11-10-6(8)15-7/h9H,2-5H2,1H3,(H2,8,10). The largest absolute Gasteiger partial charge is 0.374 e. The highest BCUT2D eigenvalue weighted by Crippen LogP contribution is 2.16. The van der Waals surface area contributed by atoms with Gasteiger partial charge in [0, 0.05) is 6.54 Å². The maximum absolute atomic E-state index is 11.6. The van der Waals surface area contributed by atoms with Crippen LogP contribution >= 0.6 is 23.1 Å². The third kappa shape index (κ3) is 4.24. The van der Waals surface area contributed by atoms with Crippen molar-refractivity contribution in [3.8, 4) is 0 Å². The fourth-order valence-electron chi connectivity index (χ4n) is 0.969. The minimum atomic E-state index is -3.52. The third-order valence-corrected chi connectivity index (χ3v) is 5.00. The molecule has 0 spiro atoms. The number of aromatic nitrogens is 2. The van der Waals surface area contributed by atoms with E-state index in [0.717, 1.165) is 29.9 Å². The first-order valence-corrected chi connectivity index (χ1v) is 8.33. The van der Waals surface area contributed by atoms with E-state index in [9.17, 15) is 8.42 Å². The number of nitrogens with one attached hydrogen (secondary N) is 1. The lowest BCUT2D eigenvalue weighted by Gasteiger charge is -2.02. The van der Waals surface area contributed by atoms with Crippen molar-refractivity contribution in [2.24, 2.45) is 0 Å². The second-order valence-corrected chi connectivity index (χ2v) is 6.94. The minimum Gasteiger partial charge on any atom is -0.374 e. The molecule has 0 aromatic carbocycles. The smallest absolute Gasteiger partial charge is 0.269 e. The zero-order valence-corrected chi connectivity index (χ0v) is 11.3. The van der Waals surface area contributed by atoms with E-state index in [2.05, 4.69) is 14.9 Å². The van der Waals surface area contributed by atoms with Gasteiger partial charge in [-0.1, -0.05) is 11.3 Å². The lowest BCUT2D eigenvalue weighted by atomic mass is 10.3. The van der Waals surface area contributed by atoms with Crippen LogP contribution in [0.2, 0.25) is 0 Å². The predicted octanol–water partition coefficient (Wildman–Crippen LogP) is 0.542. The highest BCUT2D eigenvalue weighted by Gasteiger charge is 2.18. The van der Waals surface area contributed by atoms with Gasteiger partial charge in [0.2, 0.25) is 9.47 Å². The Hall–Kier alpha value is -0.380. The Balaban J connectivity index is 2.41. The maximum Gasteiger partial charge on any atom is 0.269 e. The monoisotopic (exact) mass is 282 g/mol. The van der Waals surface area contributed by atoms with Crippen LogP contribution in [-0.2, 0) is 10.0 Å². The SMILES string of the molecule is CSCCCCNS(=O)(=O)c1nnc(N)s1. The number of sulfonamides is 1. The quantitative estimate of drug-likeness (QED) is 0.708. The van der Waals surface area contributed by atoms with Crippen LogP contribution < -0.4 is 10.5 Å². The summed E-state index contributed by atoms with van der Waals surface area (Å²) >= 11 is 2.61. The number of hydrogen-bond donors (Lipinski definition) is 2. The van der Waals surface area contributed by atoms with Gasteiger partial charge >= 0.3 is 0 Å². The topological polar surface area (TPSA) is 98.0 Å². The van der Waals surface area contributed by atoms with E-state index in [1.807, 2.05) is 6.26 Å². The second-order valence-electron chi connectivity index (χ2n) is 3.00. The minimum absolute atomic E-state index is 0.0742. The molecule has 0 aliphatic heterocycles. The lowest BCUT2D eigenvalue weighted by Crippen LogP contribution is -2.24. The first-order valence-electron chi connectivity index (χ1n) is 4.64. The molecule has 0 saturated carbocycles. The fraction of sp³-hybridized carbons (Fsp3) is 0.714. The van der Waals surface area contributed by atoms with Crippen LogP contribution in [0.25, 0.3) is 0 Å². The van der Waals surface area contributed by atoms with Crippen molar-refractivity contribution in [2.45, 2.75) is 17.2 Å². The van der Waals surface area contributed by atoms with E-state index in [-0.39, 0.29) is 9.47 Å². The zero-order chi connectivity index (χ0) is 12.0. The van der Waals surface area contributed by atoms with Crippen LogP contribution in [0.15, 0.2) is 4.34 Å². The van der Waals surface area contributed by atoms with Crippen LogP contribution in [-0.4, -0.2) is 37.2 Å². The molecule has 1 rings (SSSR count). The first-order chi connectivity index (χ1) is 7.56. The van der Waals surface area contributed by atoms with E-state index in [1.54, 1.807) is 11.8 Å². The Morgan fingerprint density at radius 2 is 2.19 bits per heavy atom. The van der Waals surface area contributed by atoms with Crippen molar-refractivity contribution < 1.29 is 8.42 Å². The number of anilines is 1. The molecule has 92 valence electrons. The Morgan fingerprint density at radius 3 is 2.75 bits per heavy atom. The molecule has 16 heavy (non-hydrogen) atoms. The molecule has 1 heterocycles. The van der Waals surface area contributed by atoms with Crippen LogP contribution in [0.3, 0.4) is 0 Å². The first kappa shape index (κ1) is 13.7. The summed E-state index contributed by atoms with van der Waals surface area (Å²) in [5, 5.41) is 7.11. The van der Waals surface area contributed by atoms with Gasteiger partial charge in [0.25, 0.3) is 10.0 Å². The summed E-state index contributed by atoms with van der Waals surface area (Å²) in [5.41, 5.74) is 5.32. The molecule has 9 heteroatoms. The van der Waals surface area contributed by atoms with E-state index in [0.29, 0.717) is 6.54 Å². The molecule has 0 saturated heterocycles. The van der Waals surface area contributed by atoms with Crippen LogP contribution in [0.1, 0.15) is 12.8 Å². The van der Waals surface area contributed by atoms with Crippen molar-refractivity contribution in [1.29, 1.82) is 0 Å². The highest BCUT2D eigenvalue weighted by molar-refractivity contribution is 7.98. The van der Waals surface area contributed by atoms with Gasteiger partial charge in [-0.05, 0) is 24.9 Å². The van der Waals surface area contributed by atoms with Gasteiger partial charge in [-0.15, -0.1) is 10.2 Å². The van der Waals surface area contributed by atoms with Gasteiger partial charge in [0.1, 0.15) is 0 Å². The van der Waals surface area contributed by atoms with Gasteiger partial charge in [0.15, 0.2) is 0 Å². The molecule has 3 N–H and O–H groups in total. The average Bonchev–Trinajstić information content (AvgIpc) is 2.65. The van der Waals surface area contributed by atoms with Gasteiger partial charge < -0.3 is 5.73 Å². The van der Waals surface area contributed by atoms with Crippen LogP contribution in [0.4, 0.5) is 5.13 Å². The molecule has 0 fully saturated rings. The number of nitrogens with two attached hydrogens (primary N) is 1. The maximum atomic E-state index is 11.6. The highest BCUT2D eigenvalue weighted by atomic mass is 32.2. The molecule has 0 amide bonds. The Bertz CT molecular complexity index is 417. The second kappa shape index (κ2) is 6.38. The van der Waals surface area contributed by atoms with Gasteiger partial charge in [0.05, 0.1) is 0 Å². The molecule has 0 aliphatic carbocycles. The van der Waals surface area contributed by atoms with E-state index >= 15 is 0 Å². The number of nitrogens with zero attached hydrogens (tertiary/aromatic N) is 2. The molecular formula is C7H14N4O2S3. The van der Waals surface area contributed by atoms with E-state index in [4.69, 9.17) is 5.73 Å². The van der Waals surface area contributed by atoms with Gasteiger partial charge in [-0.3, -0.25) is 0 Å². The average molecular weight is 282 g/mol. The summed E-state index contributed by atoms with van der Waals surface area (Å²) in [7, 11) is -3.52. The lowest BCUT2D eigenvalue weighted by molar-refractivity contribution is 0.576. The molecule has 1 aromatic rings. The molecule has 0 bridgehead atoms. The van der Waals surface area contributed by atoms with Crippen LogP contribution in [0, 0.1) is 0 Å². The van der Waals surface area contributed by atoms with E-state index < -0.39 is 10.0 Å². The summed E-state index contributed by atoms with van der Waals surface area (Å²) < 4.78 is 25.6. The third-order valence-electron chi connectivity index (χ3n) is 1.72. The number of nitrogen functional groups attached to an aromatic ring is 1. The van der Waals surface area contributed by atoms with Crippen molar-refractivity contribution in [2.75, 3.05) is 24.3 Å². The zero-order valence-electron chi connectivity index (χ0n) is 8.84. The molecule has 0 radical (unpaired) electrons. The Labute approximate surface area is 103 Å². The Kier molecular flexibility index (Phi) is 5.46. The summed E-state index contributed by atoms with van der Waals surface area (Å²) in [6.07, 6.45) is 3.82. The normalized spacial score (nSPS) is 11.8. The number of unbranched alkanes of at least 4 members (excludes halogenated alkanes) is 1. The fourth-order valence-corrected chi connectivity index (χ4v) is 3.36. The number of thioether (sulfide) groups is 1. The molecular weight excluding hydrogens is 268 g/mol. The molecule has 0 aliphatic rings. The summed E-state index contributed by atoms with van der Waals surface area (Å²) in [6, 6.07) is 0. The summed E-state index contributed by atoms with van der Waals surface area (Å²) in [4.78, 5) is 0. The summed E-state index contributed by atoms with van der Waals surface area (Å²) in [6.45, 7) is 0.419. The number of hydrogen-bond acceptors (Lipinski definition) is 7. The van der Waals surface area contributed by atoms with Gasteiger partial charge in [-0.2, -0.15) is 11.8 Å². The molecule has 0 atom stereocenters. The predicted molar refractivity (Wildman–Crippen MR) is 67.1 cm³/mol. The molecule has 0 unspecified atom stereocenters. The van der Waals surface area contributed by atoms with Crippen LogP contribution in [0.5, 0.6) is 0 Å². The van der Waals surface area contributed by atoms with Crippen molar-refractivity contribution in [3.63, 3.8) is 0 Å². The molecule has 6 nitrogen and oxygen atoms in total. The van der Waals surface area contributed by atoms with Crippen molar-refractivity contribution in [1.82, 2.24) is 14.9 Å². The summed E-state index contributed by atoms with van der Waals surface area (Å²) in [5.74, 6) is 1.04. The Morgan fingerprint density at radius 1 is 1.44 bits per heavy atom. The van der Waals surface area contributed by atoms with Crippen molar-refractivity contribution in [3.05, 3.63) is 0 Å². The van der Waals surface area contributed by atoms with Gasteiger partial charge in [-0.25, -0.2) is 13.1 Å². The van der Waals surface area contributed by atoms with Crippen molar-refractivity contribution >= 4 is 38.3 Å².